The van der Waals surface area contributed by atoms with E-state index in [0.717, 1.165) is 19.4 Å². The van der Waals surface area contributed by atoms with E-state index in [9.17, 15) is 8.78 Å². The molecule has 134 valence electrons. The monoisotopic (exact) mass is 338 g/mol. The number of hydrogen-bond acceptors (Lipinski definition) is 2. The van der Waals surface area contributed by atoms with Gasteiger partial charge in [-0.1, -0.05) is 6.92 Å². The summed E-state index contributed by atoms with van der Waals surface area (Å²) >= 11 is 0. The molecule has 0 aromatic heterocycles. The van der Waals surface area contributed by atoms with Gasteiger partial charge in [0.25, 0.3) is 0 Å². The molecule has 1 aromatic carbocycles. The predicted octanol–water partition coefficient (Wildman–Crippen LogP) is 5.27. The molecule has 1 aliphatic carbocycles. The molecule has 1 aromatic rings. The minimum absolute atomic E-state index is 0.0460. The topological polar surface area (TPSA) is 18.5 Å². The Labute approximate surface area is 143 Å². The van der Waals surface area contributed by atoms with Gasteiger partial charge in [-0.25, -0.2) is 8.78 Å². The first kappa shape index (κ1) is 17.7. The molecule has 2 unspecified atom stereocenters. The minimum atomic E-state index is -0.544. The molecule has 1 saturated carbocycles. The van der Waals surface area contributed by atoms with Gasteiger partial charge in [0.05, 0.1) is 12.7 Å². The van der Waals surface area contributed by atoms with Crippen LogP contribution in [0.3, 0.4) is 0 Å². The summed E-state index contributed by atoms with van der Waals surface area (Å²) in [5.41, 5.74) is 0.0460. The van der Waals surface area contributed by atoms with Crippen molar-refractivity contribution in [1.82, 2.24) is 0 Å². The molecule has 0 amide bonds. The largest absolute Gasteiger partial charge is 0.493 e. The molecule has 2 nitrogen and oxygen atoms in total. The summed E-state index contributed by atoms with van der Waals surface area (Å²) in [6, 6.07) is 2.56. The molecule has 2 atom stereocenters. The van der Waals surface area contributed by atoms with Crippen LogP contribution in [-0.4, -0.2) is 19.3 Å². The second-order valence-corrected chi connectivity index (χ2v) is 7.66. The Bertz CT molecular complexity index is 522. The summed E-state index contributed by atoms with van der Waals surface area (Å²) in [7, 11) is 0. The summed E-state index contributed by atoms with van der Waals surface area (Å²) in [4.78, 5) is 0. The normalized spacial score (nSPS) is 31.0. The lowest BCUT2D eigenvalue weighted by Gasteiger charge is -2.37. The van der Waals surface area contributed by atoms with Crippen LogP contribution in [0.5, 0.6) is 5.75 Å². The van der Waals surface area contributed by atoms with Gasteiger partial charge >= 0.3 is 0 Å². The quantitative estimate of drug-likeness (QED) is 0.744. The fourth-order valence-corrected chi connectivity index (χ4v) is 3.92. The Balaban J connectivity index is 1.44. The smallest absolute Gasteiger partial charge is 0.132 e. The number of hydrogen-bond donors (Lipinski definition) is 0. The van der Waals surface area contributed by atoms with Gasteiger partial charge in [-0.05, 0) is 63.2 Å². The molecular formula is C20H28F2O2. The van der Waals surface area contributed by atoms with E-state index >= 15 is 0 Å². The molecular weight excluding hydrogens is 310 g/mol. The second kappa shape index (κ2) is 7.81. The standard InChI is InChI=1S/C20H28F2O2/c1-13-3-8-20(24-11-13)16-6-4-15(5-7-16)12-23-17-9-18(21)14(2)19(22)10-17/h9-10,13,15-16,20H,3-8,11-12H2,1-2H3. The van der Waals surface area contributed by atoms with Gasteiger partial charge in [0.2, 0.25) is 0 Å². The maximum absolute atomic E-state index is 13.6. The summed E-state index contributed by atoms with van der Waals surface area (Å²) < 4.78 is 38.8. The average molecular weight is 338 g/mol. The summed E-state index contributed by atoms with van der Waals surface area (Å²) in [5, 5.41) is 0. The van der Waals surface area contributed by atoms with E-state index in [-0.39, 0.29) is 5.56 Å². The van der Waals surface area contributed by atoms with Crippen LogP contribution < -0.4 is 4.74 Å². The van der Waals surface area contributed by atoms with E-state index in [1.807, 2.05) is 0 Å². The van der Waals surface area contributed by atoms with E-state index in [4.69, 9.17) is 9.47 Å². The van der Waals surface area contributed by atoms with Crippen LogP contribution in [0.25, 0.3) is 0 Å². The number of benzene rings is 1. The Kier molecular flexibility index (Phi) is 5.75. The van der Waals surface area contributed by atoms with Gasteiger partial charge in [0.1, 0.15) is 17.4 Å². The first-order chi connectivity index (χ1) is 11.5. The Morgan fingerprint density at radius 2 is 1.71 bits per heavy atom. The highest BCUT2D eigenvalue weighted by molar-refractivity contribution is 5.29. The SMILES string of the molecule is Cc1c(F)cc(OCC2CCC(C3CCC(C)CO3)CC2)cc1F. The van der Waals surface area contributed by atoms with E-state index in [1.54, 1.807) is 0 Å². The van der Waals surface area contributed by atoms with Crippen LogP contribution in [0, 0.1) is 36.3 Å². The van der Waals surface area contributed by atoms with Gasteiger partial charge in [-0.3, -0.25) is 0 Å². The average Bonchev–Trinajstić information content (AvgIpc) is 2.59. The van der Waals surface area contributed by atoms with Gasteiger partial charge in [-0.2, -0.15) is 0 Å². The van der Waals surface area contributed by atoms with Gasteiger partial charge in [0, 0.05) is 24.3 Å². The zero-order valence-electron chi connectivity index (χ0n) is 14.7. The molecule has 2 aliphatic rings. The lowest BCUT2D eigenvalue weighted by atomic mass is 9.77. The van der Waals surface area contributed by atoms with Crippen LogP contribution >= 0.6 is 0 Å². The summed E-state index contributed by atoms with van der Waals surface area (Å²) in [6.07, 6.45) is 7.46. The molecule has 0 spiro atoms. The zero-order valence-corrected chi connectivity index (χ0v) is 14.7. The van der Waals surface area contributed by atoms with Crippen molar-refractivity contribution < 1.29 is 18.3 Å². The molecule has 2 fully saturated rings. The van der Waals surface area contributed by atoms with E-state index in [2.05, 4.69) is 6.92 Å². The second-order valence-electron chi connectivity index (χ2n) is 7.66. The van der Waals surface area contributed by atoms with Crippen molar-refractivity contribution in [3.8, 4) is 5.75 Å². The zero-order chi connectivity index (χ0) is 17.1. The van der Waals surface area contributed by atoms with Crippen LogP contribution in [0.2, 0.25) is 0 Å². The van der Waals surface area contributed by atoms with Gasteiger partial charge in [0.15, 0.2) is 0 Å². The lowest BCUT2D eigenvalue weighted by Crippen LogP contribution is -2.34. The third-order valence-corrected chi connectivity index (χ3v) is 5.70. The Hall–Kier alpha value is -1.16. The van der Waals surface area contributed by atoms with Crippen molar-refractivity contribution >= 4 is 0 Å². The first-order valence-corrected chi connectivity index (χ1v) is 9.23. The fourth-order valence-electron chi connectivity index (χ4n) is 3.92. The molecule has 24 heavy (non-hydrogen) atoms. The highest BCUT2D eigenvalue weighted by Crippen LogP contribution is 2.36. The van der Waals surface area contributed by atoms with Crippen molar-refractivity contribution in [3.05, 3.63) is 29.3 Å². The molecule has 4 heteroatoms. The lowest BCUT2D eigenvalue weighted by molar-refractivity contribution is -0.0555. The molecule has 0 N–H and O–H groups in total. The van der Waals surface area contributed by atoms with Crippen molar-refractivity contribution in [2.24, 2.45) is 17.8 Å². The van der Waals surface area contributed by atoms with Crippen LogP contribution in [-0.2, 0) is 4.74 Å². The van der Waals surface area contributed by atoms with Crippen molar-refractivity contribution in [1.29, 1.82) is 0 Å². The van der Waals surface area contributed by atoms with Crippen LogP contribution in [0.1, 0.15) is 51.0 Å². The molecule has 0 bridgehead atoms. The summed E-state index contributed by atoms with van der Waals surface area (Å²) in [5.74, 6) is 1.04. The Morgan fingerprint density at radius 3 is 2.29 bits per heavy atom. The first-order valence-electron chi connectivity index (χ1n) is 9.23. The highest BCUT2D eigenvalue weighted by atomic mass is 19.1. The number of halogens is 2. The fraction of sp³-hybridized carbons (Fsp3) is 0.700. The van der Waals surface area contributed by atoms with Crippen LogP contribution in [0.4, 0.5) is 8.78 Å². The van der Waals surface area contributed by atoms with Crippen LogP contribution in [0.15, 0.2) is 12.1 Å². The van der Waals surface area contributed by atoms with E-state index < -0.39 is 11.6 Å². The van der Waals surface area contributed by atoms with Crippen molar-refractivity contribution in [3.63, 3.8) is 0 Å². The van der Waals surface area contributed by atoms with Crippen molar-refractivity contribution in [2.45, 2.75) is 58.5 Å². The maximum atomic E-state index is 13.6. The van der Waals surface area contributed by atoms with E-state index in [0.29, 0.717) is 36.2 Å². The molecule has 1 aliphatic heterocycles. The van der Waals surface area contributed by atoms with Crippen molar-refractivity contribution in [2.75, 3.05) is 13.2 Å². The maximum Gasteiger partial charge on any atom is 0.132 e. The molecule has 3 rings (SSSR count). The van der Waals surface area contributed by atoms with Gasteiger partial charge in [-0.15, -0.1) is 0 Å². The molecule has 1 saturated heterocycles. The summed E-state index contributed by atoms with van der Waals surface area (Å²) in [6.45, 7) is 5.13. The predicted molar refractivity (Wildman–Crippen MR) is 90.2 cm³/mol. The van der Waals surface area contributed by atoms with Gasteiger partial charge < -0.3 is 9.47 Å². The number of ether oxygens (including phenoxy) is 2. The number of rotatable bonds is 4. The third kappa shape index (κ3) is 4.27. The Morgan fingerprint density at radius 1 is 1.04 bits per heavy atom. The highest BCUT2D eigenvalue weighted by Gasteiger charge is 2.30. The minimum Gasteiger partial charge on any atom is -0.493 e. The molecule has 0 radical (unpaired) electrons. The van der Waals surface area contributed by atoms with E-state index in [1.165, 1.54) is 44.7 Å². The molecule has 1 heterocycles. The third-order valence-electron chi connectivity index (χ3n) is 5.70.